The lowest BCUT2D eigenvalue weighted by molar-refractivity contribution is 0.112. The molecule has 88 valence electrons. The maximum atomic E-state index is 11.0. The molecular weight excluding hydrogens is 259 g/mol. The molecule has 0 spiro atoms. The van der Waals surface area contributed by atoms with Crippen molar-refractivity contribution in [2.24, 2.45) is 0 Å². The summed E-state index contributed by atoms with van der Waals surface area (Å²) < 4.78 is 1.71. The van der Waals surface area contributed by atoms with Crippen LogP contribution in [0.1, 0.15) is 17.3 Å². The molecule has 3 nitrogen and oxygen atoms in total. The van der Waals surface area contributed by atoms with Gasteiger partial charge in [-0.1, -0.05) is 29.3 Å². The van der Waals surface area contributed by atoms with Crippen LogP contribution in [0, 0.1) is 0 Å². The van der Waals surface area contributed by atoms with E-state index in [0.717, 1.165) is 11.8 Å². The number of hydrogen-bond donors (Lipinski definition) is 0. The summed E-state index contributed by atoms with van der Waals surface area (Å²) in [4.78, 5) is 11.0. The highest BCUT2D eigenvalue weighted by molar-refractivity contribution is 6.42. The van der Waals surface area contributed by atoms with E-state index in [-0.39, 0.29) is 0 Å². The average Bonchev–Trinajstić information content (AvgIpc) is 2.76. The minimum Gasteiger partial charge on any atom is -0.298 e. The molecule has 0 aliphatic carbocycles. The van der Waals surface area contributed by atoms with Gasteiger partial charge in [0.1, 0.15) is 5.69 Å². The summed E-state index contributed by atoms with van der Waals surface area (Å²) in [6, 6.07) is 5.20. The smallest absolute Gasteiger partial charge is 0.153 e. The Morgan fingerprint density at radius 1 is 1.35 bits per heavy atom. The lowest BCUT2D eigenvalue weighted by Crippen LogP contribution is -1.93. The van der Waals surface area contributed by atoms with Gasteiger partial charge in [0.25, 0.3) is 0 Å². The van der Waals surface area contributed by atoms with Crippen LogP contribution < -0.4 is 0 Å². The Morgan fingerprint density at radius 3 is 2.71 bits per heavy atom. The Bertz CT molecular complexity index is 564. The van der Waals surface area contributed by atoms with E-state index < -0.39 is 0 Å². The quantitative estimate of drug-likeness (QED) is 0.796. The first-order chi connectivity index (χ1) is 8.15. The molecule has 0 saturated carbocycles. The van der Waals surface area contributed by atoms with Gasteiger partial charge in [0.2, 0.25) is 0 Å². The molecule has 2 aromatic rings. The predicted molar refractivity (Wildman–Crippen MR) is 68.7 cm³/mol. The van der Waals surface area contributed by atoms with Crippen molar-refractivity contribution in [3.05, 3.63) is 40.0 Å². The molecule has 1 heterocycles. The van der Waals surface area contributed by atoms with Crippen LogP contribution in [-0.4, -0.2) is 16.1 Å². The van der Waals surface area contributed by atoms with Crippen LogP contribution in [0.4, 0.5) is 0 Å². The molecule has 0 N–H and O–H groups in total. The first-order valence-electron chi connectivity index (χ1n) is 5.13. The van der Waals surface area contributed by atoms with E-state index in [1.54, 1.807) is 29.1 Å². The molecule has 0 aliphatic rings. The molecule has 1 aromatic carbocycles. The molecule has 0 atom stereocenters. The third-order valence-electron chi connectivity index (χ3n) is 2.43. The Hall–Kier alpha value is -1.32. The van der Waals surface area contributed by atoms with Crippen LogP contribution in [0.5, 0.6) is 0 Å². The Balaban J connectivity index is 2.54. The zero-order chi connectivity index (χ0) is 12.4. The first-order valence-corrected chi connectivity index (χ1v) is 5.89. The zero-order valence-electron chi connectivity index (χ0n) is 9.15. The fourth-order valence-electron chi connectivity index (χ4n) is 1.55. The van der Waals surface area contributed by atoms with E-state index in [1.807, 2.05) is 6.92 Å². The number of aryl methyl sites for hydroxylation is 1. The molecule has 0 unspecified atom stereocenters. The third kappa shape index (κ3) is 2.35. The minimum absolute atomic E-state index is 0.451. The second-order valence-electron chi connectivity index (χ2n) is 3.54. The Morgan fingerprint density at radius 2 is 2.12 bits per heavy atom. The van der Waals surface area contributed by atoms with Gasteiger partial charge in [-0.25, -0.2) is 0 Å². The van der Waals surface area contributed by atoms with Crippen LogP contribution >= 0.6 is 23.2 Å². The normalized spacial score (nSPS) is 10.5. The van der Waals surface area contributed by atoms with Crippen LogP contribution in [0.2, 0.25) is 10.0 Å². The molecule has 0 aliphatic heterocycles. The molecule has 0 radical (unpaired) electrons. The highest BCUT2D eigenvalue weighted by Crippen LogP contribution is 2.29. The molecule has 5 heteroatoms. The summed E-state index contributed by atoms with van der Waals surface area (Å²) in [5, 5.41) is 5.26. The van der Waals surface area contributed by atoms with Gasteiger partial charge in [-0.2, -0.15) is 5.10 Å². The van der Waals surface area contributed by atoms with Crippen molar-refractivity contribution in [1.82, 2.24) is 9.78 Å². The van der Waals surface area contributed by atoms with Crippen molar-refractivity contribution >= 4 is 29.5 Å². The number of halogens is 2. The molecule has 1 aromatic heterocycles. The second-order valence-corrected chi connectivity index (χ2v) is 4.35. The number of carbonyl (C=O) groups excluding carboxylic acids is 1. The summed E-state index contributed by atoms with van der Waals surface area (Å²) in [6.07, 6.45) is 2.50. The van der Waals surface area contributed by atoms with Crippen molar-refractivity contribution in [1.29, 1.82) is 0 Å². The molecule has 2 rings (SSSR count). The largest absolute Gasteiger partial charge is 0.298 e. The number of rotatable bonds is 3. The standard InChI is InChI=1S/C12H10Cl2N2O/c1-2-16-6-9(7-17)12(15-16)8-3-4-10(13)11(14)5-8/h3-7H,2H2,1H3. The highest BCUT2D eigenvalue weighted by atomic mass is 35.5. The monoisotopic (exact) mass is 268 g/mol. The van der Waals surface area contributed by atoms with Crippen molar-refractivity contribution in [2.75, 3.05) is 0 Å². The molecule has 0 bridgehead atoms. The van der Waals surface area contributed by atoms with Gasteiger partial charge < -0.3 is 0 Å². The van der Waals surface area contributed by atoms with Gasteiger partial charge in [0, 0.05) is 18.3 Å². The van der Waals surface area contributed by atoms with Gasteiger partial charge in [0.05, 0.1) is 15.6 Å². The predicted octanol–water partition coefficient (Wildman–Crippen LogP) is 3.69. The molecule has 0 fully saturated rings. The summed E-state index contributed by atoms with van der Waals surface area (Å²) in [5.41, 5.74) is 1.96. The van der Waals surface area contributed by atoms with Gasteiger partial charge >= 0.3 is 0 Å². The molecular formula is C12H10Cl2N2O. The van der Waals surface area contributed by atoms with Crippen molar-refractivity contribution < 1.29 is 4.79 Å². The van der Waals surface area contributed by atoms with E-state index in [1.165, 1.54) is 0 Å². The number of aldehydes is 1. The van der Waals surface area contributed by atoms with E-state index in [4.69, 9.17) is 23.2 Å². The van der Waals surface area contributed by atoms with E-state index >= 15 is 0 Å². The van der Waals surface area contributed by atoms with Crippen LogP contribution in [0.3, 0.4) is 0 Å². The van der Waals surface area contributed by atoms with E-state index in [0.29, 0.717) is 27.8 Å². The average molecular weight is 269 g/mol. The number of carbonyl (C=O) groups is 1. The maximum absolute atomic E-state index is 11.0. The maximum Gasteiger partial charge on any atom is 0.153 e. The van der Waals surface area contributed by atoms with E-state index in [2.05, 4.69) is 5.10 Å². The molecule has 17 heavy (non-hydrogen) atoms. The lowest BCUT2D eigenvalue weighted by atomic mass is 10.1. The van der Waals surface area contributed by atoms with E-state index in [9.17, 15) is 4.79 Å². The van der Waals surface area contributed by atoms with Crippen LogP contribution in [0.25, 0.3) is 11.3 Å². The Labute approximate surface area is 109 Å². The van der Waals surface area contributed by atoms with Gasteiger partial charge in [0.15, 0.2) is 6.29 Å². The van der Waals surface area contributed by atoms with Crippen molar-refractivity contribution in [3.63, 3.8) is 0 Å². The molecule has 0 saturated heterocycles. The molecule has 0 amide bonds. The number of benzene rings is 1. The first kappa shape index (κ1) is 12.1. The van der Waals surface area contributed by atoms with Crippen LogP contribution in [0.15, 0.2) is 24.4 Å². The Kier molecular flexibility index (Phi) is 3.50. The number of hydrogen-bond acceptors (Lipinski definition) is 2. The van der Waals surface area contributed by atoms with Gasteiger partial charge in [-0.3, -0.25) is 9.48 Å². The summed E-state index contributed by atoms with van der Waals surface area (Å²) in [7, 11) is 0. The van der Waals surface area contributed by atoms with Gasteiger partial charge in [-0.15, -0.1) is 0 Å². The number of nitrogens with zero attached hydrogens (tertiary/aromatic N) is 2. The van der Waals surface area contributed by atoms with Crippen molar-refractivity contribution in [3.8, 4) is 11.3 Å². The van der Waals surface area contributed by atoms with Crippen LogP contribution in [-0.2, 0) is 6.54 Å². The minimum atomic E-state index is 0.451. The zero-order valence-corrected chi connectivity index (χ0v) is 10.7. The SMILES string of the molecule is CCn1cc(C=O)c(-c2ccc(Cl)c(Cl)c2)n1. The topological polar surface area (TPSA) is 34.9 Å². The summed E-state index contributed by atoms with van der Waals surface area (Å²) in [5.74, 6) is 0. The second kappa shape index (κ2) is 4.90. The summed E-state index contributed by atoms with van der Waals surface area (Å²) in [6.45, 7) is 2.67. The highest BCUT2D eigenvalue weighted by Gasteiger charge is 2.11. The lowest BCUT2D eigenvalue weighted by Gasteiger charge is -2.00. The summed E-state index contributed by atoms with van der Waals surface area (Å²) >= 11 is 11.8. The third-order valence-corrected chi connectivity index (χ3v) is 3.17. The fraction of sp³-hybridized carbons (Fsp3) is 0.167. The fourth-order valence-corrected chi connectivity index (χ4v) is 1.85. The van der Waals surface area contributed by atoms with Gasteiger partial charge in [-0.05, 0) is 19.1 Å². The number of aromatic nitrogens is 2. The van der Waals surface area contributed by atoms with Crippen molar-refractivity contribution in [2.45, 2.75) is 13.5 Å².